The van der Waals surface area contributed by atoms with Crippen LogP contribution in [0.1, 0.15) is 32.1 Å². The number of carbonyl (C=O) groups is 2. The SMILES string of the molecule is COC(=O)C1=C(O)CC[C@]2(C#N)C(=O)CCC[C@H]12. The molecule has 18 heavy (non-hydrogen) atoms. The lowest BCUT2D eigenvalue weighted by molar-refractivity contribution is -0.139. The monoisotopic (exact) mass is 249 g/mol. The summed E-state index contributed by atoms with van der Waals surface area (Å²) in [6.45, 7) is 0. The van der Waals surface area contributed by atoms with Gasteiger partial charge in [0.15, 0.2) is 5.78 Å². The Hall–Kier alpha value is -1.83. The van der Waals surface area contributed by atoms with Gasteiger partial charge in [-0.3, -0.25) is 4.79 Å². The Labute approximate surface area is 105 Å². The van der Waals surface area contributed by atoms with Gasteiger partial charge in [0.05, 0.1) is 18.8 Å². The van der Waals surface area contributed by atoms with Crippen molar-refractivity contribution in [3.63, 3.8) is 0 Å². The van der Waals surface area contributed by atoms with Crippen molar-refractivity contribution in [3.8, 4) is 6.07 Å². The fraction of sp³-hybridized carbons (Fsp3) is 0.615. The lowest BCUT2D eigenvalue weighted by atomic mass is 9.58. The van der Waals surface area contributed by atoms with Crippen molar-refractivity contribution in [2.24, 2.45) is 11.3 Å². The number of nitrogens with zero attached hydrogens (tertiary/aromatic N) is 1. The van der Waals surface area contributed by atoms with Crippen LogP contribution in [0.2, 0.25) is 0 Å². The molecule has 2 aliphatic rings. The zero-order valence-electron chi connectivity index (χ0n) is 10.2. The van der Waals surface area contributed by atoms with Gasteiger partial charge in [-0.1, -0.05) is 0 Å². The molecule has 0 aromatic rings. The molecule has 1 saturated carbocycles. The Balaban J connectivity index is 2.51. The number of allylic oxidation sites excluding steroid dienone is 1. The van der Waals surface area contributed by atoms with E-state index >= 15 is 0 Å². The summed E-state index contributed by atoms with van der Waals surface area (Å²) in [5.41, 5.74) is -1.02. The number of fused-ring (bicyclic) bond motifs is 1. The molecular formula is C13H15NO4. The Morgan fingerprint density at radius 1 is 1.56 bits per heavy atom. The maximum atomic E-state index is 12.1. The molecule has 1 N–H and O–H groups in total. The van der Waals surface area contributed by atoms with Crippen molar-refractivity contribution in [1.29, 1.82) is 5.26 Å². The van der Waals surface area contributed by atoms with Crippen LogP contribution in [0.3, 0.4) is 0 Å². The Kier molecular flexibility index (Phi) is 3.12. The molecule has 0 aromatic carbocycles. The number of aliphatic hydroxyl groups excluding tert-OH is 1. The van der Waals surface area contributed by atoms with Crippen LogP contribution in [0.25, 0.3) is 0 Å². The largest absolute Gasteiger partial charge is 0.512 e. The van der Waals surface area contributed by atoms with Gasteiger partial charge in [0, 0.05) is 18.8 Å². The highest BCUT2D eigenvalue weighted by Gasteiger charge is 2.53. The summed E-state index contributed by atoms with van der Waals surface area (Å²) in [5, 5.41) is 19.2. The number of hydrogen-bond donors (Lipinski definition) is 1. The zero-order valence-corrected chi connectivity index (χ0v) is 10.2. The Bertz CT molecular complexity index is 474. The average Bonchev–Trinajstić information content (AvgIpc) is 2.38. The quantitative estimate of drug-likeness (QED) is 0.714. The normalized spacial score (nSPS) is 31.6. The molecule has 5 nitrogen and oxygen atoms in total. The first kappa shape index (κ1) is 12.6. The van der Waals surface area contributed by atoms with Crippen molar-refractivity contribution in [1.82, 2.24) is 0 Å². The summed E-state index contributed by atoms with van der Waals surface area (Å²) in [6.07, 6.45) is 2.05. The molecule has 1 fully saturated rings. The summed E-state index contributed by atoms with van der Waals surface area (Å²) < 4.78 is 4.66. The fourth-order valence-electron chi connectivity index (χ4n) is 3.05. The molecule has 0 heterocycles. The second-order valence-electron chi connectivity index (χ2n) is 4.80. The van der Waals surface area contributed by atoms with Gasteiger partial charge in [-0.2, -0.15) is 5.26 Å². The van der Waals surface area contributed by atoms with Crippen LogP contribution in [0.15, 0.2) is 11.3 Å². The summed E-state index contributed by atoms with van der Waals surface area (Å²) in [4.78, 5) is 23.8. The Morgan fingerprint density at radius 3 is 2.89 bits per heavy atom. The standard InChI is InChI=1S/C13H15NO4/c1-18-12(17)11-8-3-2-4-10(16)13(8,7-14)6-5-9(11)15/h8,15H,2-6H2,1H3/t8-,13-/m1/s1. The van der Waals surface area contributed by atoms with E-state index in [1.807, 2.05) is 0 Å². The lowest BCUT2D eigenvalue weighted by Crippen LogP contribution is -2.45. The van der Waals surface area contributed by atoms with E-state index in [0.29, 0.717) is 25.7 Å². The van der Waals surface area contributed by atoms with Gasteiger partial charge in [-0.05, 0) is 19.3 Å². The molecule has 5 heteroatoms. The predicted octanol–water partition coefficient (Wildman–Crippen LogP) is 1.64. The minimum atomic E-state index is -1.14. The number of ketones is 1. The molecule has 0 spiro atoms. The average molecular weight is 249 g/mol. The first-order valence-electron chi connectivity index (χ1n) is 6.01. The van der Waals surface area contributed by atoms with E-state index < -0.39 is 17.3 Å². The number of methoxy groups -OCH3 is 1. The smallest absolute Gasteiger partial charge is 0.337 e. The third-order valence-corrected chi connectivity index (χ3v) is 4.01. The third kappa shape index (κ3) is 1.60. The number of carbonyl (C=O) groups excluding carboxylic acids is 2. The predicted molar refractivity (Wildman–Crippen MR) is 61.3 cm³/mol. The highest BCUT2D eigenvalue weighted by atomic mass is 16.5. The van der Waals surface area contributed by atoms with Crippen molar-refractivity contribution < 1.29 is 19.4 Å². The Morgan fingerprint density at radius 2 is 2.28 bits per heavy atom. The third-order valence-electron chi connectivity index (χ3n) is 4.01. The van der Waals surface area contributed by atoms with E-state index in [1.54, 1.807) is 0 Å². The van der Waals surface area contributed by atoms with E-state index in [4.69, 9.17) is 0 Å². The zero-order chi connectivity index (χ0) is 13.3. The number of ether oxygens (including phenoxy) is 1. The van der Waals surface area contributed by atoms with Crippen molar-refractivity contribution in [2.75, 3.05) is 7.11 Å². The number of aliphatic hydroxyl groups is 1. The molecule has 2 aliphatic carbocycles. The number of nitriles is 1. The van der Waals surface area contributed by atoms with Crippen molar-refractivity contribution in [3.05, 3.63) is 11.3 Å². The number of Topliss-reactive ketones (excluding diaryl/α,β-unsaturated/α-hetero) is 1. The van der Waals surface area contributed by atoms with Gasteiger partial charge in [0.25, 0.3) is 0 Å². The molecular weight excluding hydrogens is 234 g/mol. The molecule has 0 saturated heterocycles. The van der Waals surface area contributed by atoms with E-state index in [2.05, 4.69) is 10.8 Å². The van der Waals surface area contributed by atoms with Crippen LogP contribution in [-0.4, -0.2) is 24.0 Å². The van der Waals surface area contributed by atoms with Crippen LogP contribution in [0.5, 0.6) is 0 Å². The summed E-state index contributed by atoms with van der Waals surface area (Å²) in [6, 6.07) is 2.10. The topological polar surface area (TPSA) is 87.4 Å². The molecule has 0 radical (unpaired) electrons. The minimum Gasteiger partial charge on any atom is -0.512 e. The highest BCUT2D eigenvalue weighted by molar-refractivity contribution is 5.95. The molecule has 2 atom stereocenters. The number of hydrogen-bond acceptors (Lipinski definition) is 5. The lowest BCUT2D eigenvalue weighted by Gasteiger charge is -2.41. The molecule has 96 valence electrons. The van der Waals surface area contributed by atoms with Crippen molar-refractivity contribution in [2.45, 2.75) is 32.1 Å². The first-order chi connectivity index (χ1) is 8.56. The fourth-order valence-corrected chi connectivity index (χ4v) is 3.05. The van der Waals surface area contributed by atoms with E-state index in [0.717, 1.165) is 0 Å². The highest BCUT2D eigenvalue weighted by Crippen LogP contribution is 2.50. The second kappa shape index (κ2) is 4.45. The van der Waals surface area contributed by atoms with Crippen LogP contribution in [0.4, 0.5) is 0 Å². The van der Waals surface area contributed by atoms with Crippen LogP contribution in [-0.2, 0) is 14.3 Å². The van der Waals surface area contributed by atoms with Gasteiger partial charge in [-0.25, -0.2) is 4.79 Å². The first-order valence-corrected chi connectivity index (χ1v) is 6.01. The van der Waals surface area contributed by atoms with Crippen LogP contribution in [0, 0.1) is 22.7 Å². The van der Waals surface area contributed by atoms with Gasteiger partial charge in [0.2, 0.25) is 0 Å². The summed E-state index contributed by atoms with van der Waals surface area (Å²) >= 11 is 0. The van der Waals surface area contributed by atoms with Gasteiger partial charge in [-0.15, -0.1) is 0 Å². The molecule has 0 bridgehead atoms. The maximum Gasteiger partial charge on any atom is 0.337 e. The van der Waals surface area contributed by atoms with E-state index in [9.17, 15) is 20.0 Å². The van der Waals surface area contributed by atoms with Gasteiger partial charge >= 0.3 is 5.97 Å². The second-order valence-corrected chi connectivity index (χ2v) is 4.80. The minimum absolute atomic E-state index is 0.0348. The molecule has 0 amide bonds. The van der Waals surface area contributed by atoms with Crippen molar-refractivity contribution >= 4 is 11.8 Å². The van der Waals surface area contributed by atoms with Crippen LogP contribution < -0.4 is 0 Å². The molecule has 0 aromatic heterocycles. The van der Waals surface area contributed by atoms with E-state index in [1.165, 1.54) is 7.11 Å². The van der Waals surface area contributed by atoms with Gasteiger partial charge in [0.1, 0.15) is 11.2 Å². The number of rotatable bonds is 1. The van der Waals surface area contributed by atoms with E-state index in [-0.39, 0.29) is 23.5 Å². The molecule has 0 aliphatic heterocycles. The summed E-state index contributed by atoms with van der Waals surface area (Å²) in [5.74, 6) is -1.31. The molecule has 0 unspecified atom stereocenters. The number of esters is 1. The van der Waals surface area contributed by atoms with Gasteiger partial charge < -0.3 is 9.84 Å². The van der Waals surface area contributed by atoms with Crippen LogP contribution >= 0.6 is 0 Å². The summed E-state index contributed by atoms with van der Waals surface area (Å²) in [7, 11) is 1.23. The maximum absolute atomic E-state index is 12.1. The molecule has 2 rings (SSSR count).